The van der Waals surface area contributed by atoms with Crippen LogP contribution in [0.4, 0.5) is 5.69 Å². The molecule has 0 aliphatic heterocycles. The molecule has 1 unspecified atom stereocenters. The predicted molar refractivity (Wildman–Crippen MR) is 79.7 cm³/mol. The molecule has 104 valence electrons. The Bertz CT molecular complexity index is 480. The molecule has 0 saturated heterocycles. The minimum Gasteiger partial charge on any atom is -0.481 e. The minimum atomic E-state index is -0.768. The standard InChI is InChI=1S/C16H23NO2/c1-11(2)9-17(10-14(5)16(18)19)15-7-6-12(3)13(4)8-15/h6-8,14H,1,9-10H2,2-5H3,(H,18,19). The molecule has 0 aliphatic carbocycles. The second-order valence-electron chi connectivity index (χ2n) is 5.35. The van der Waals surface area contributed by atoms with Gasteiger partial charge in [-0.05, 0) is 44.0 Å². The van der Waals surface area contributed by atoms with E-state index >= 15 is 0 Å². The molecule has 1 aromatic carbocycles. The van der Waals surface area contributed by atoms with E-state index in [0.29, 0.717) is 13.1 Å². The SMILES string of the molecule is C=C(C)CN(CC(C)C(=O)O)c1ccc(C)c(C)c1. The first-order valence-electron chi connectivity index (χ1n) is 6.50. The Morgan fingerprint density at radius 1 is 1.37 bits per heavy atom. The zero-order valence-electron chi connectivity index (χ0n) is 12.2. The number of rotatable bonds is 6. The van der Waals surface area contributed by atoms with Crippen LogP contribution in [-0.4, -0.2) is 24.2 Å². The lowest BCUT2D eigenvalue weighted by atomic mass is 10.1. The Kier molecular flexibility index (Phi) is 5.16. The average molecular weight is 261 g/mol. The van der Waals surface area contributed by atoms with Crippen LogP contribution in [0.3, 0.4) is 0 Å². The molecule has 0 radical (unpaired) electrons. The van der Waals surface area contributed by atoms with Gasteiger partial charge < -0.3 is 10.0 Å². The summed E-state index contributed by atoms with van der Waals surface area (Å²) < 4.78 is 0. The highest BCUT2D eigenvalue weighted by molar-refractivity contribution is 5.70. The Morgan fingerprint density at radius 3 is 2.47 bits per heavy atom. The summed E-state index contributed by atoms with van der Waals surface area (Å²) in [6.07, 6.45) is 0. The van der Waals surface area contributed by atoms with Crippen molar-refractivity contribution in [3.8, 4) is 0 Å². The lowest BCUT2D eigenvalue weighted by molar-refractivity contribution is -0.140. The van der Waals surface area contributed by atoms with Gasteiger partial charge in [-0.2, -0.15) is 0 Å². The third-order valence-corrected chi connectivity index (χ3v) is 3.23. The Balaban J connectivity index is 2.98. The molecule has 0 spiro atoms. The number of carboxylic acid groups (broad SMARTS) is 1. The number of hydrogen-bond acceptors (Lipinski definition) is 2. The molecular formula is C16H23NO2. The molecule has 0 saturated carbocycles. The fraction of sp³-hybridized carbons (Fsp3) is 0.438. The molecule has 0 aliphatic rings. The molecule has 3 heteroatoms. The minimum absolute atomic E-state index is 0.402. The summed E-state index contributed by atoms with van der Waals surface area (Å²) in [5.74, 6) is -1.17. The summed E-state index contributed by atoms with van der Waals surface area (Å²) in [6.45, 7) is 12.9. The molecule has 0 bridgehead atoms. The van der Waals surface area contributed by atoms with E-state index in [-0.39, 0.29) is 0 Å². The van der Waals surface area contributed by atoms with Gasteiger partial charge in [0.15, 0.2) is 0 Å². The van der Waals surface area contributed by atoms with Crippen molar-refractivity contribution in [2.75, 3.05) is 18.0 Å². The third-order valence-electron chi connectivity index (χ3n) is 3.23. The van der Waals surface area contributed by atoms with Gasteiger partial charge in [0.25, 0.3) is 0 Å². The fourth-order valence-corrected chi connectivity index (χ4v) is 1.92. The zero-order valence-corrected chi connectivity index (χ0v) is 12.2. The van der Waals surface area contributed by atoms with Crippen LogP contribution >= 0.6 is 0 Å². The number of carboxylic acids is 1. The van der Waals surface area contributed by atoms with E-state index < -0.39 is 11.9 Å². The van der Waals surface area contributed by atoms with Gasteiger partial charge in [-0.25, -0.2) is 0 Å². The number of nitrogens with zero attached hydrogens (tertiary/aromatic N) is 1. The van der Waals surface area contributed by atoms with E-state index in [1.165, 1.54) is 11.1 Å². The van der Waals surface area contributed by atoms with Gasteiger partial charge in [0.05, 0.1) is 5.92 Å². The number of hydrogen-bond donors (Lipinski definition) is 1. The van der Waals surface area contributed by atoms with Crippen LogP contribution in [-0.2, 0) is 4.79 Å². The third kappa shape index (κ3) is 4.43. The van der Waals surface area contributed by atoms with Gasteiger partial charge in [-0.3, -0.25) is 4.79 Å². The molecule has 1 N–H and O–H groups in total. The number of anilines is 1. The zero-order chi connectivity index (χ0) is 14.6. The topological polar surface area (TPSA) is 40.5 Å². The monoisotopic (exact) mass is 261 g/mol. The molecule has 1 atom stereocenters. The summed E-state index contributed by atoms with van der Waals surface area (Å²) >= 11 is 0. The lowest BCUT2D eigenvalue weighted by Gasteiger charge is -2.27. The predicted octanol–water partition coefficient (Wildman–Crippen LogP) is 3.41. The van der Waals surface area contributed by atoms with E-state index in [1.807, 2.05) is 13.0 Å². The van der Waals surface area contributed by atoms with Gasteiger partial charge in [0.1, 0.15) is 0 Å². The van der Waals surface area contributed by atoms with Crippen molar-refractivity contribution < 1.29 is 9.90 Å². The maximum absolute atomic E-state index is 11.0. The first-order valence-corrected chi connectivity index (χ1v) is 6.50. The molecule has 0 amide bonds. The van der Waals surface area contributed by atoms with Gasteiger partial charge in [0.2, 0.25) is 0 Å². The number of benzene rings is 1. The second kappa shape index (κ2) is 6.41. The Labute approximate surface area is 115 Å². The highest BCUT2D eigenvalue weighted by Gasteiger charge is 2.17. The first-order chi connectivity index (χ1) is 8.81. The fourth-order valence-electron chi connectivity index (χ4n) is 1.92. The first kappa shape index (κ1) is 15.3. The maximum Gasteiger partial charge on any atom is 0.308 e. The van der Waals surface area contributed by atoms with Gasteiger partial charge in [-0.1, -0.05) is 25.1 Å². The van der Waals surface area contributed by atoms with Crippen LogP contribution in [0.1, 0.15) is 25.0 Å². The van der Waals surface area contributed by atoms with E-state index in [0.717, 1.165) is 11.3 Å². The van der Waals surface area contributed by atoms with Crippen LogP contribution < -0.4 is 4.90 Å². The Morgan fingerprint density at radius 2 is 2.00 bits per heavy atom. The smallest absolute Gasteiger partial charge is 0.308 e. The molecule has 1 rings (SSSR count). The highest BCUT2D eigenvalue weighted by Crippen LogP contribution is 2.21. The van der Waals surface area contributed by atoms with Crippen LogP contribution in [0, 0.1) is 19.8 Å². The maximum atomic E-state index is 11.0. The summed E-state index contributed by atoms with van der Waals surface area (Å²) in [7, 11) is 0. The largest absolute Gasteiger partial charge is 0.481 e. The van der Waals surface area contributed by atoms with E-state index in [4.69, 9.17) is 5.11 Å². The van der Waals surface area contributed by atoms with Gasteiger partial charge in [0, 0.05) is 18.8 Å². The van der Waals surface area contributed by atoms with Crippen LogP contribution in [0.25, 0.3) is 0 Å². The van der Waals surface area contributed by atoms with Crippen molar-refractivity contribution >= 4 is 11.7 Å². The summed E-state index contributed by atoms with van der Waals surface area (Å²) in [6, 6.07) is 6.22. The van der Waals surface area contributed by atoms with Crippen molar-refractivity contribution in [2.45, 2.75) is 27.7 Å². The molecule has 3 nitrogen and oxygen atoms in total. The quantitative estimate of drug-likeness (QED) is 0.798. The summed E-state index contributed by atoms with van der Waals surface area (Å²) in [4.78, 5) is 13.1. The van der Waals surface area contributed by atoms with Gasteiger partial charge in [-0.15, -0.1) is 0 Å². The molecule has 0 fully saturated rings. The summed E-state index contributed by atoms with van der Waals surface area (Å²) in [5.41, 5.74) is 4.53. The second-order valence-corrected chi connectivity index (χ2v) is 5.35. The average Bonchev–Trinajstić information content (AvgIpc) is 2.31. The normalized spacial score (nSPS) is 12.0. The van der Waals surface area contributed by atoms with Crippen LogP contribution in [0.5, 0.6) is 0 Å². The summed E-state index contributed by atoms with van der Waals surface area (Å²) in [5, 5.41) is 9.06. The van der Waals surface area contributed by atoms with Gasteiger partial charge >= 0.3 is 5.97 Å². The van der Waals surface area contributed by atoms with Crippen molar-refractivity contribution in [1.82, 2.24) is 0 Å². The van der Waals surface area contributed by atoms with Crippen molar-refractivity contribution in [3.63, 3.8) is 0 Å². The molecule has 0 heterocycles. The van der Waals surface area contributed by atoms with E-state index in [1.54, 1.807) is 6.92 Å². The van der Waals surface area contributed by atoms with Crippen LogP contribution in [0.15, 0.2) is 30.4 Å². The number of aliphatic carboxylic acids is 1. The molecule has 1 aromatic rings. The Hall–Kier alpha value is -1.77. The van der Waals surface area contributed by atoms with Crippen LogP contribution in [0.2, 0.25) is 0 Å². The van der Waals surface area contributed by atoms with Crippen molar-refractivity contribution in [3.05, 3.63) is 41.5 Å². The highest BCUT2D eigenvalue weighted by atomic mass is 16.4. The number of aryl methyl sites for hydroxylation is 2. The van der Waals surface area contributed by atoms with Crippen molar-refractivity contribution in [2.24, 2.45) is 5.92 Å². The number of carbonyl (C=O) groups is 1. The molecular weight excluding hydrogens is 238 g/mol. The van der Waals surface area contributed by atoms with E-state index in [2.05, 4.69) is 37.5 Å². The molecule has 19 heavy (non-hydrogen) atoms. The van der Waals surface area contributed by atoms with E-state index in [9.17, 15) is 4.79 Å². The van der Waals surface area contributed by atoms with Crippen molar-refractivity contribution in [1.29, 1.82) is 0 Å². The lowest BCUT2D eigenvalue weighted by Crippen LogP contribution is -2.33. The molecule has 0 aromatic heterocycles.